The van der Waals surface area contributed by atoms with Gasteiger partial charge >= 0.3 is 0 Å². The average Bonchev–Trinajstić information content (AvgIpc) is 3.63. The third-order valence-corrected chi connectivity index (χ3v) is 11.7. The Morgan fingerprint density at radius 2 is 1.64 bits per heavy atom. The van der Waals surface area contributed by atoms with Gasteiger partial charge in [0.05, 0.1) is 23.2 Å². The van der Waals surface area contributed by atoms with Gasteiger partial charge in [0.25, 0.3) is 5.91 Å². The van der Waals surface area contributed by atoms with Gasteiger partial charge in [0.2, 0.25) is 11.8 Å². The SMILES string of the molecule is C=CCN(C(=O)C1N(CCCCO)C(=O)[C@@H]2[C@H](C(=O)N(CC=C)c3ccc(OCC)cc3)[C@@H]3CC(C)C12S3)c1ccc(Cl)cc1. The van der Waals surface area contributed by atoms with E-state index in [1.54, 1.807) is 62.9 Å². The van der Waals surface area contributed by atoms with Crippen LogP contribution >= 0.6 is 23.4 Å². The molecule has 0 saturated carbocycles. The predicted molar refractivity (Wildman–Crippen MR) is 181 cm³/mol. The van der Waals surface area contributed by atoms with Crippen molar-refractivity contribution >= 4 is 52.5 Å². The molecule has 6 atom stereocenters. The minimum Gasteiger partial charge on any atom is -0.494 e. The van der Waals surface area contributed by atoms with Crippen molar-refractivity contribution in [3.63, 3.8) is 0 Å². The Morgan fingerprint density at radius 3 is 2.22 bits per heavy atom. The highest BCUT2D eigenvalue weighted by Gasteiger charge is 2.76. The van der Waals surface area contributed by atoms with E-state index in [1.807, 2.05) is 31.2 Å². The first-order valence-electron chi connectivity index (χ1n) is 15.7. The highest BCUT2D eigenvalue weighted by atomic mass is 35.5. The van der Waals surface area contributed by atoms with Crippen molar-refractivity contribution in [2.45, 2.75) is 49.1 Å². The van der Waals surface area contributed by atoms with Gasteiger partial charge in [-0.2, -0.15) is 0 Å². The molecular weight excluding hydrogens is 610 g/mol. The maximum absolute atomic E-state index is 14.8. The van der Waals surface area contributed by atoms with Gasteiger partial charge in [-0.05, 0) is 80.6 Å². The second-order valence-corrected chi connectivity index (χ2v) is 13.9. The lowest BCUT2D eigenvalue weighted by Crippen LogP contribution is -2.57. The molecular formula is C35H42ClN3O5S. The number of carbonyl (C=O) groups is 3. The molecule has 10 heteroatoms. The molecule has 0 aromatic heterocycles. The van der Waals surface area contributed by atoms with Crippen molar-refractivity contribution in [3.8, 4) is 5.75 Å². The normalized spacial score (nSPS) is 26.4. The van der Waals surface area contributed by atoms with Gasteiger partial charge in [-0.15, -0.1) is 24.9 Å². The molecule has 45 heavy (non-hydrogen) atoms. The van der Waals surface area contributed by atoms with Crippen molar-refractivity contribution in [1.82, 2.24) is 4.90 Å². The van der Waals surface area contributed by atoms with Gasteiger partial charge in [0, 0.05) is 47.9 Å². The lowest BCUT2D eigenvalue weighted by atomic mass is 9.65. The summed E-state index contributed by atoms with van der Waals surface area (Å²) in [6.07, 6.45) is 5.15. The largest absolute Gasteiger partial charge is 0.494 e. The molecule has 3 aliphatic heterocycles. The number of hydrogen-bond acceptors (Lipinski definition) is 6. The van der Waals surface area contributed by atoms with Crippen LogP contribution < -0.4 is 14.5 Å². The van der Waals surface area contributed by atoms with Gasteiger partial charge in [-0.3, -0.25) is 14.4 Å². The van der Waals surface area contributed by atoms with E-state index in [2.05, 4.69) is 20.1 Å². The minimum absolute atomic E-state index is 0.00445. The fraction of sp³-hybridized carbons (Fsp3) is 0.457. The van der Waals surface area contributed by atoms with Crippen molar-refractivity contribution in [2.75, 3.05) is 42.6 Å². The molecule has 240 valence electrons. The molecule has 2 bridgehead atoms. The zero-order valence-electron chi connectivity index (χ0n) is 25.9. The summed E-state index contributed by atoms with van der Waals surface area (Å²) >= 11 is 7.82. The van der Waals surface area contributed by atoms with Crippen LogP contribution in [0.4, 0.5) is 11.4 Å². The number of anilines is 2. The van der Waals surface area contributed by atoms with Crippen molar-refractivity contribution in [2.24, 2.45) is 17.8 Å². The molecule has 1 spiro atoms. The molecule has 3 heterocycles. The van der Waals surface area contributed by atoms with E-state index in [0.29, 0.717) is 48.1 Å². The number of nitrogens with zero attached hydrogens (tertiary/aromatic N) is 3. The second kappa shape index (κ2) is 14.0. The number of likely N-dealkylation sites (tertiary alicyclic amines) is 1. The van der Waals surface area contributed by atoms with Gasteiger partial charge in [0.15, 0.2) is 0 Å². The van der Waals surface area contributed by atoms with Gasteiger partial charge < -0.3 is 24.5 Å². The molecule has 3 fully saturated rings. The maximum atomic E-state index is 14.8. The number of benzene rings is 2. The topological polar surface area (TPSA) is 90.4 Å². The summed E-state index contributed by atoms with van der Waals surface area (Å²) in [6, 6.07) is 13.7. The fourth-order valence-electron chi connectivity index (χ4n) is 7.46. The summed E-state index contributed by atoms with van der Waals surface area (Å²) in [5.41, 5.74) is 1.37. The van der Waals surface area contributed by atoms with Crippen LogP contribution in [0.5, 0.6) is 5.75 Å². The van der Waals surface area contributed by atoms with Crippen LogP contribution in [0.2, 0.25) is 5.02 Å². The number of hydrogen-bond donors (Lipinski definition) is 1. The van der Waals surface area contributed by atoms with E-state index >= 15 is 0 Å². The molecule has 2 aromatic rings. The van der Waals surface area contributed by atoms with Crippen LogP contribution in [0.25, 0.3) is 0 Å². The molecule has 1 N–H and O–H groups in total. The highest BCUT2D eigenvalue weighted by molar-refractivity contribution is 8.02. The summed E-state index contributed by atoms with van der Waals surface area (Å²) in [4.78, 5) is 49.0. The number of carbonyl (C=O) groups excluding carboxylic acids is 3. The Labute approximate surface area is 275 Å². The standard InChI is InChI=1S/C35H42ClN3O5S/c1-5-18-37(26-14-16-27(17-15-26)44-7-3)32(41)29-28-22-23(4)35(45-28)30(29)33(42)39(20-8-9-21-40)31(35)34(43)38(19-6-2)25-12-10-24(36)11-13-25/h5-6,10-17,23,28-31,40H,1-2,7-9,18-22H2,3-4H3/t23?,28-,29+,30-,31?,35?/m0/s1. The predicted octanol–water partition coefficient (Wildman–Crippen LogP) is 5.59. The first-order valence-corrected chi connectivity index (χ1v) is 16.9. The van der Waals surface area contributed by atoms with Gasteiger partial charge in [0.1, 0.15) is 11.8 Å². The lowest BCUT2D eigenvalue weighted by Gasteiger charge is -2.41. The third kappa shape index (κ3) is 5.90. The molecule has 0 radical (unpaired) electrons. The van der Waals surface area contributed by atoms with E-state index in [4.69, 9.17) is 16.3 Å². The average molecular weight is 652 g/mol. The quantitative estimate of drug-likeness (QED) is 0.212. The first-order chi connectivity index (χ1) is 21.7. The molecule has 3 unspecified atom stereocenters. The smallest absolute Gasteiger partial charge is 0.251 e. The fourth-order valence-corrected chi connectivity index (χ4v) is 9.99. The van der Waals surface area contributed by atoms with Gasteiger partial charge in [-0.1, -0.05) is 30.7 Å². The Balaban J connectivity index is 1.55. The number of thioether (sulfide) groups is 1. The zero-order valence-corrected chi connectivity index (χ0v) is 27.5. The van der Waals surface area contributed by atoms with E-state index in [9.17, 15) is 19.5 Å². The van der Waals surface area contributed by atoms with Crippen LogP contribution in [0.3, 0.4) is 0 Å². The number of fused-ring (bicyclic) bond motifs is 1. The van der Waals surface area contributed by atoms with Gasteiger partial charge in [-0.25, -0.2) is 0 Å². The Hall–Kier alpha value is -3.27. The van der Waals surface area contributed by atoms with E-state index in [-0.39, 0.29) is 48.6 Å². The summed E-state index contributed by atoms with van der Waals surface area (Å²) in [5, 5.41) is 9.98. The van der Waals surface area contributed by atoms with Crippen LogP contribution in [0, 0.1) is 17.8 Å². The molecule has 3 amide bonds. The van der Waals surface area contributed by atoms with Crippen molar-refractivity contribution < 1.29 is 24.2 Å². The van der Waals surface area contributed by atoms with Crippen LogP contribution in [0.15, 0.2) is 73.8 Å². The van der Waals surface area contributed by atoms with Crippen LogP contribution in [0.1, 0.15) is 33.1 Å². The molecule has 3 saturated heterocycles. The number of aliphatic hydroxyl groups is 1. The summed E-state index contributed by atoms with van der Waals surface area (Å²) in [5.74, 6) is -0.995. The molecule has 0 aliphatic carbocycles. The number of amides is 3. The monoisotopic (exact) mass is 651 g/mol. The summed E-state index contributed by atoms with van der Waals surface area (Å²) in [7, 11) is 0. The lowest BCUT2D eigenvalue weighted by molar-refractivity contribution is -0.139. The molecule has 3 aliphatic rings. The Kier molecular flexibility index (Phi) is 10.3. The third-order valence-electron chi connectivity index (χ3n) is 9.32. The van der Waals surface area contributed by atoms with Crippen LogP contribution in [-0.4, -0.2) is 76.6 Å². The van der Waals surface area contributed by atoms with Crippen molar-refractivity contribution in [3.05, 3.63) is 78.9 Å². The van der Waals surface area contributed by atoms with Crippen molar-refractivity contribution in [1.29, 1.82) is 0 Å². The zero-order chi connectivity index (χ0) is 32.3. The number of halogens is 1. The number of unbranched alkanes of at least 4 members (excludes halogenated alkanes) is 1. The molecule has 8 nitrogen and oxygen atoms in total. The minimum atomic E-state index is -0.775. The number of rotatable bonds is 14. The molecule has 5 rings (SSSR count). The Morgan fingerprint density at radius 1 is 1.04 bits per heavy atom. The maximum Gasteiger partial charge on any atom is 0.251 e. The number of aliphatic hydroxyl groups excluding tert-OH is 1. The first kappa shape index (κ1) is 33.1. The highest BCUT2D eigenvalue weighted by Crippen LogP contribution is 2.69. The van der Waals surface area contributed by atoms with E-state index in [1.165, 1.54) is 0 Å². The Bertz CT molecular complexity index is 1420. The molecule has 2 aromatic carbocycles. The number of ether oxygens (including phenoxy) is 1. The van der Waals surface area contributed by atoms with E-state index in [0.717, 1.165) is 6.42 Å². The van der Waals surface area contributed by atoms with E-state index < -0.39 is 22.6 Å². The summed E-state index contributed by atoms with van der Waals surface area (Å²) in [6.45, 7) is 13.2. The van der Waals surface area contributed by atoms with Crippen LogP contribution in [-0.2, 0) is 14.4 Å². The summed E-state index contributed by atoms with van der Waals surface area (Å²) < 4.78 is 4.83. The second-order valence-electron chi connectivity index (χ2n) is 11.9.